The van der Waals surface area contributed by atoms with E-state index in [0.29, 0.717) is 11.3 Å². The van der Waals surface area contributed by atoms with Crippen LogP contribution in [0.2, 0.25) is 0 Å². The molecule has 0 aliphatic carbocycles. The average molecular weight is 487 g/mol. The molecule has 0 heterocycles. The van der Waals surface area contributed by atoms with Crippen molar-refractivity contribution in [3.05, 3.63) is 59.7 Å². The third-order valence-electron chi connectivity index (χ3n) is 3.80. The van der Waals surface area contributed by atoms with Gasteiger partial charge in [-0.25, -0.2) is 13.4 Å². The summed E-state index contributed by atoms with van der Waals surface area (Å²) in [6.45, 7) is 5.92. The fraction of sp³-hybridized carbons (Fsp3) is 0.316. The molecule has 5 nitrogen and oxygen atoms in total. The second-order valence-electron chi connectivity index (χ2n) is 6.17. The van der Waals surface area contributed by atoms with Crippen molar-refractivity contribution in [2.45, 2.75) is 38.1 Å². The van der Waals surface area contributed by atoms with Crippen LogP contribution >= 0.6 is 24.0 Å². The van der Waals surface area contributed by atoms with Crippen molar-refractivity contribution in [3.8, 4) is 0 Å². The predicted molar refractivity (Wildman–Crippen MR) is 119 cm³/mol. The molecule has 142 valence electrons. The molecule has 0 fully saturated rings. The number of aryl methyl sites for hydroxylation is 2. The van der Waals surface area contributed by atoms with Crippen LogP contribution < -0.4 is 11.1 Å². The third kappa shape index (κ3) is 6.60. The van der Waals surface area contributed by atoms with Crippen LogP contribution in [0.1, 0.15) is 24.5 Å². The van der Waals surface area contributed by atoms with Crippen molar-refractivity contribution in [2.75, 3.05) is 11.1 Å². The van der Waals surface area contributed by atoms with Gasteiger partial charge in [-0.2, -0.15) is 0 Å². The van der Waals surface area contributed by atoms with Crippen LogP contribution in [-0.2, 0) is 9.84 Å². The number of hydrogen-bond donors (Lipinski definition) is 2. The number of aliphatic imine (C=N–C) groups is 1. The Balaban J connectivity index is 0.00000338. The number of hydrogen-bond acceptors (Lipinski definition) is 3. The summed E-state index contributed by atoms with van der Waals surface area (Å²) >= 11 is 0. The largest absolute Gasteiger partial charge is 0.370 e. The normalized spacial score (nSPS) is 13.0. The molecule has 0 bridgehead atoms. The van der Waals surface area contributed by atoms with Gasteiger partial charge in [0, 0.05) is 5.69 Å². The zero-order chi connectivity index (χ0) is 18.4. The van der Waals surface area contributed by atoms with Gasteiger partial charge >= 0.3 is 0 Å². The van der Waals surface area contributed by atoms with Crippen LogP contribution in [0.4, 0.5) is 5.69 Å². The summed E-state index contributed by atoms with van der Waals surface area (Å²) in [5.41, 5.74) is 9.07. The molecule has 0 saturated heterocycles. The van der Waals surface area contributed by atoms with Gasteiger partial charge in [0.1, 0.15) is 0 Å². The first-order chi connectivity index (χ1) is 11.8. The maximum atomic E-state index is 12.5. The Kier molecular flexibility index (Phi) is 8.55. The van der Waals surface area contributed by atoms with Crippen molar-refractivity contribution in [3.63, 3.8) is 0 Å². The van der Waals surface area contributed by atoms with Gasteiger partial charge in [0.15, 0.2) is 15.8 Å². The first-order valence-corrected chi connectivity index (χ1v) is 9.92. The van der Waals surface area contributed by atoms with Crippen LogP contribution in [0.5, 0.6) is 0 Å². The van der Waals surface area contributed by atoms with Crippen LogP contribution in [0.25, 0.3) is 0 Å². The lowest BCUT2D eigenvalue weighted by Gasteiger charge is -2.14. The molecule has 2 rings (SSSR count). The van der Waals surface area contributed by atoms with E-state index in [0.717, 1.165) is 16.8 Å². The van der Waals surface area contributed by atoms with Gasteiger partial charge in [-0.1, -0.05) is 31.2 Å². The highest BCUT2D eigenvalue weighted by Crippen LogP contribution is 2.15. The third-order valence-corrected chi connectivity index (χ3v) is 5.62. The van der Waals surface area contributed by atoms with Crippen molar-refractivity contribution >= 4 is 45.5 Å². The van der Waals surface area contributed by atoms with E-state index in [1.54, 1.807) is 30.3 Å². The lowest BCUT2D eigenvalue weighted by Crippen LogP contribution is -2.28. The molecule has 2 aromatic rings. The number of nitrogens with zero attached hydrogens (tertiary/aromatic N) is 1. The topological polar surface area (TPSA) is 84.5 Å². The van der Waals surface area contributed by atoms with Gasteiger partial charge < -0.3 is 11.1 Å². The summed E-state index contributed by atoms with van der Waals surface area (Å²) in [5, 5.41) is 3.05. The molecule has 2 aromatic carbocycles. The zero-order valence-electron chi connectivity index (χ0n) is 15.3. The predicted octanol–water partition coefficient (Wildman–Crippen LogP) is 3.90. The highest BCUT2D eigenvalue weighted by molar-refractivity contribution is 14.0. The Hall–Kier alpha value is -1.61. The lowest BCUT2D eigenvalue weighted by atomic mass is 10.1. The fourth-order valence-electron chi connectivity index (χ4n) is 2.65. The Bertz CT molecular complexity index is 832. The Morgan fingerprint density at radius 1 is 1.12 bits per heavy atom. The SMILES string of the molecule is CCC(CS(=O)(=O)c1ccccc1)N=C(N)Nc1cc(C)cc(C)c1.I. The van der Waals surface area contributed by atoms with Gasteiger partial charge in [0.2, 0.25) is 0 Å². The molecule has 0 aliphatic rings. The molecule has 0 aliphatic heterocycles. The van der Waals surface area contributed by atoms with E-state index in [2.05, 4.69) is 16.4 Å². The summed E-state index contributed by atoms with van der Waals surface area (Å²) in [6.07, 6.45) is 0.585. The first-order valence-electron chi connectivity index (χ1n) is 8.26. The van der Waals surface area contributed by atoms with E-state index in [1.165, 1.54) is 0 Å². The maximum absolute atomic E-state index is 12.5. The molecule has 0 spiro atoms. The van der Waals surface area contributed by atoms with Crippen molar-refractivity contribution in [1.29, 1.82) is 0 Å². The van der Waals surface area contributed by atoms with Crippen molar-refractivity contribution in [2.24, 2.45) is 10.7 Å². The van der Waals surface area contributed by atoms with E-state index in [-0.39, 0.29) is 35.7 Å². The summed E-state index contributed by atoms with van der Waals surface area (Å²) in [5.74, 6) is 0.156. The fourth-order valence-corrected chi connectivity index (χ4v) is 4.23. The Morgan fingerprint density at radius 3 is 2.23 bits per heavy atom. The number of anilines is 1. The molecule has 7 heteroatoms. The number of guanidine groups is 1. The second-order valence-corrected chi connectivity index (χ2v) is 8.21. The van der Waals surface area contributed by atoms with Crippen LogP contribution in [0.3, 0.4) is 0 Å². The van der Waals surface area contributed by atoms with Gasteiger partial charge in [0.05, 0.1) is 16.7 Å². The van der Waals surface area contributed by atoms with Gasteiger partial charge in [-0.15, -0.1) is 24.0 Å². The second kappa shape index (κ2) is 9.91. The zero-order valence-corrected chi connectivity index (χ0v) is 18.4. The van der Waals surface area contributed by atoms with Crippen LogP contribution in [0, 0.1) is 13.8 Å². The number of nitrogens with one attached hydrogen (secondary N) is 1. The van der Waals surface area contributed by atoms with E-state index in [1.807, 2.05) is 32.9 Å². The minimum Gasteiger partial charge on any atom is -0.370 e. The molecule has 3 N–H and O–H groups in total. The Labute approximate surface area is 173 Å². The smallest absolute Gasteiger partial charge is 0.193 e. The van der Waals surface area contributed by atoms with E-state index in [9.17, 15) is 8.42 Å². The summed E-state index contributed by atoms with van der Waals surface area (Å²) < 4.78 is 25.0. The highest BCUT2D eigenvalue weighted by atomic mass is 127. The first kappa shape index (κ1) is 22.4. The molecule has 1 unspecified atom stereocenters. The average Bonchev–Trinajstić information content (AvgIpc) is 2.53. The molecule has 0 saturated carbocycles. The summed E-state index contributed by atoms with van der Waals surface area (Å²) in [7, 11) is -3.39. The van der Waals surface area contributed by atoms with Crippen LogP contribution in [0.15, 0.2) is 58.4 Å². The van der Waals surface area contributed by atoms with Crippen molar-refractivity contribution < 1.29 is 8.42 Å². The number of halogens is 1. The Morgan fingerprint density at radius 2 is 1.69 bits per heavy atom. The highest BCUT2D eigenvalue weighted by Gasteiger charge is 2.20. The van der Waals surface area contributed by atoms with Gasteiger partial charge in [-0.3, -0.25) is 0 Å². The molecule has 0 radical (unpaired) electrons. The van der Waals surface area contributed by atoms with E-state index >= 15 is 0 Å². The standard InChI is InChI=1S/C19H25N3O2S.HI/c1-4-16(13-25(23,24)18-8-6-5-7-9-18)21-19(20)22-17-11-14(2)10-15(3)12-17;/h5-12,16H,4,13H2,1-3H3,(H3,20,21,22);1H. The molecule has 0 amide bonds. The van der Waals surface area contributed by atoms with E-state index < -0.39 is 15.9 Å². The minimum atomic E-state index is -3.39. The van der Waals surface area contributed by atoms with Crippen LogP contribution in [-0.4, -0.2) is 26.2 Å². The molecule has 1 atom stereocenters. The van der Waals surface area contributed by atoms with Crippen molar-refractivity contribution in [1.82, 2.24) is 0 Å². The molecule has 26 heavy (non-hydrogen) atoms. The summed E-state index contributed by atoms with van der Waals surface area (Å²) in [6, 6.07) is 14.0. The quantitative estimate of drug-likeness (QED) is 0.368. The number of nitrogens with two attached hydrogens (primary N) is 1. The van der Waals surface area contributed by atoms with E-state index in [4.69, 9.17) is 5.73 Å². The number of sulfone groups is 1. The maximum Gasteiger partial charge on any atom is 0.193 e. The molecule has 0 aromatic heterocycles. The minimum absolute atomic E-state index is 0. The monoisotopic (exact) mass is 487 g/mol. The number of rotatable bonds is 6. The van der Waals surface area contributed by atoms with Gasteiger partial charge in [0.25, 0.3) is 0 Å². The molecular weight excluding hydrogens is 461 g/mol. The molecular formula is C19H26IN3O2S. The summed E-state index contributed by atoms with van der Waals surface area (Å²) in [4.78, 5) is 4.67. The number of benzene rings is 2. The lowest BCUT2D eigenvalue weighted by molar-refractivity contribution is 0.584. The van der Waals surface area contributed by atoms with Gasteiger partial charge in [-0.05, 0) is 55.7 Å².